The number of alkyl halides is 3. The lowest BCUT2D eigenvalue weighted by Gasteiger charge is -2.25. The fraction of sp³-hybridized carbons (Fsp3) is 0.235. The van der Waals surface area contributed by atoms with Gasteiger partial charge in [-0.1, -0.05) is 24.3 Å². The molecule has 4 nitrogen and oxygen atoms in total. The van der Waals surface area contributed by atoms with Crippen molar-refractivity contribution in [1.29, 1.82) is 0 Å². The van der Waals surface area contributed by atoms with E-state index in [-0.39, 0.29) is 11.8 Å². The quantitative estimate of drug-likeness (QED) is 0.794. The lowest BCUT2D eigenvalue weighted by atomic mass is 9.99. The number of carboxylic acid groups (broad SMARTS) is 1. The molecule has 0 aromatic heterocycles. The monoisotopic (exact) mass is 369 g/mol. The van der Waals surface area contributed by atoms with Crippen LogP contribution in [0.25, 0.3) is 11.1 Å². The maximum absolute atomic E-state index is 12.4. The molecule has 1 aliphatic heterocycles. The summed E-state index contributed by atoms with van der Waals surface area (Å²) in [4.78, 5) is 11.8. The summed E-state index contributed by atoms with van der Waals surface area (Å²) in [6.45, 7) is 0. The Labute approximate surface area is 146 Å². The van der Waals surface area contributed by atoms with Crippen molar-refractivity contribution in [3.63, 3.8) is 0 Å². The largest absolute Gasteiger partial charge is 0.573 e. The van der Waals surface area contributed by atoms with Crippen LogP contribution in [0.15, 0.2) is 47.4 Å². The van der Waals surface area contributed by atoms with E-state index in [2.05, 4.69) is 10.1 Å². The highest BCUT2D eigenvalue weighted by molar-refractivity contribution is 7.99. The predicted octanol–water partition coefficient (Wildman–Crippen LogP) is 5.06. The molecular weight excluding hydrogens is 355 g/mol. The van der Waals surface area contributed by atoms with Gasteiger partial charge in [-0.25, -0.2) is 4.79 Å². The lowest BCUT2D eigenvalue weighted by molar-refractivity contribution is -0.274. The van der Waals surface area contributed by atoms with Gasteiger partial charge in [0.15, 0.2) is 0 Å². The summed E-state index contributed by atoms with van der Waals surface area (Å²) in [5.74, 6) is 0.485. The van der Waals surface area contributed by atoms with Crippen LogP contribution in [0.2, 0.25) is 0 Å². The molecule has 1 aliphatic rings. The molecule has 1 heterocycles. The molecule has 2 N–H and O–H groups in total. The number of carbonyl (C=O) groups is 1. The van der Waals surface area contributed by atoms with Crippen LogP contribution in [0.3, 0.4) is 0 Å². The van der Waals surface area contributed by atoms with E-state index in [0.717, 1.165) is 21.8 Å². The molecule has 1 atom stereocenters. The fourth-order valence-electron chi connectivity index (χ4n) is 2.74. The molecular formula is C17H14F3NO3S. The molecule has 0 spiro atoms. The van der Waals surface area contributed by atoms with Gasteiger partial charge in [0.05, 0.1) is 6.04 Å². The van der Waals surface area contributed by atoms with E-state index in [1.54, 1.807) is 23.9 Å². The predicted molar refractivity (Wildman–Crippen MR) is 87.8 cm³/mol. The van der Waals surface area contributed by atoms with Crippen LogP contribution in [0.5, 0.6) is 5.75 Å². The second kappa shape index (κ2) is 6.87. The molecule has 25 heavy (non-hydrogen) atoms. The molecule has 1 amide bonds. The van der Waals surface area contributed by atoms with Crippen molar-refractivity contribution in [2.45, 2.75) is 23.7 Å². The number of fused-ring (bicyclic) bond motifs is 1. The van der Waals surface area contributed by atoms with Gasteiger partial charge < -0.3 is 15.2 Å². The minimum atomic E-state index is -4.74. The molecule has 2 aromatic carbocycles. The summed E-state index contributed by atoms with van der Waals surface area (Å²) in [5.41, 5.74) is 2.22. The summed E-state index contributed by atoms with van der Waals surface area (Å²) < 4.78 is 41.1. The molecule has 0 fully saturated rings. The van der Waals surface area contributed by atoms with Gasteiger partial charge in [0.2, 0.25) is 0 Å². The standard InChI is InChI=1S/C17H14F3NO3S/c18-17(19,20)24-12-3-1-2-10(8-12)11-4-5-13-14(21-16(22)23)6-7-25-15(13)9-11/h1-5,8-9,14,21H,6-7H2,(H,22,23). The number of ether oxygens (including phenoxy) is 1. The summed E-state index contributed by atoms with van der Waals surface area (Å²) in [7, 11) is 0. The van der Waals surface area contributed by atoms with E-state index in [9.17, 15) is 18.0 Å². The normalized spacial score (nSPS) is 16.8. The van der Waals surface area contributed by atoms with Crippen LogP contribution < -0.4 is 10.1 Å². The number of amides is 1. The van der Waals surface area contributed by atoms with Crippen LogP contribution in [0.1, 0.15) is 18.0 Å². The lowest BCUT2D eigenvalue weighted by Crippen LogP contribution is -2.29. The van der Waals surface area contributed by atoms with Crippen molar-refractivity contribution in [3.8, 4) is 16.9 Å². The topological polar surface area (TPSA) is 58.6 Å². The minimum absolute atomic E-state index is 0.275. The number of rotatable bonds is 3. The van der Waals surface area contributed by atoms with Crippen molar-refractivity contribution in [2.24, 2.45) is 0 Å². The van der Waals surface area contributed by atoms with Crippen LogP contribution in [0.4, 0.5) is 18.0 Å². The van der Waals surface area contributed by atoms with E-state index in [4.69, 9.17) is 5.11 Å². The van der Waals surface area contributed by atoms with Gasteiger partial charge in [-0.15, -0.1) is 24.9 Å². The Morgan fingerprint density at radius 2 is 1.96 bits per heavy atom. The Morgan fingerprint density at radius 3 is 2.68 bits per heavy atom. The van der Waals surface area contributed by atoms with Gasteiger partial charge in [-0.3, -0.25) is 0 Å². The zero-order valence-electron chi connectivity index (χ0n) is 12.8. The zero-order chi connectivity index (χ0) is 18.0. The Morgan fingerprint density at radius 1 is 1.20 bits per heavy atom. The van der Waals surface area contributed by atoms with E-state index < -0.39 is 12.5 Å². The first kappa shape index (κ1) is 17.5. The molecule has 0 saturated carbocycles. The van der Waals surface area contributed by atoms with Crippen molar-refractivity contribution in [1.82, 2.24) is 5.32 Å². The third kappa shape index (κ3) is 4.39. The number of hydrogen-bond donors (Lipinski definition) is 2. The first-order valence-corrected chi connectivity index (χ1v) is 8.43. The van der Waals surface area contributed by atoms with Crippen LogP contribution in [-0.2, 0) is 0 Å². The van der Waals surface area contributed by atoms with Gasteiger partial charge >= 0.3 is 12.5 Å². The molecule has 8 heteroatoms. The average Bonchev–Trinajstić information content (AvgIpc) is 2.53. The Kier molecular flexibility index (Phi) is 4.80. The van der Waals surface area contributed by atoms with E-state index in [1.165, 1.54) is 18.2 Å². The smallest absolute Gasteiger partial charge is 0.465 e. The molecule has 1 unspecified atom stereocenters. The van der Waals surface area contributed by atoms with E-state index in [1.807, 2.05) is 12.1 Å². The SMILES string of the molecule is O=C(O)NC1CCSc2cc(-c3cccc(OC(F)(F)F)c3)ccc21. The van der Waals surface area contributed by atoms with Gasteiger partial charge in [0.25, 0.3) is 0 Å². The molecule has 3 rings (SSSR count). The van der Waals surface area contributed by atoms with Crippen molar-refractivity contribution in [3.05, 3.63) is 48.0 Å². The highest BCUT2D eigenvalue weighted by atomic mass is 32.2. The first-order chi connectivity index (χ1) is 11.8. The number of thioether (sulfide) groups is 1. The maximum atomic E-state index is 12.4. The Balaban J connectivity index is 1.90. The number of halogens is 3. The first-order valence-electron chi connectivity index (χ1n) is 7.44. The van der Waals surface area contributed by atoms with Crippen LogP contribution in [-0.4, -0.2) is 23.3 Å². The summed E-state index contributed by atoms with van der Waals surface area (Å²) in [5, 5.41) is 11.4. The number of nitrogens with one attached hydrogen (secondary N) is 1. The average molecular weight is 369 g/mol. The van der Waals surface area contributed by atoms with Crippen LogP contribution in [0, 0.1) is 0 Å². The van der Waals surface area contributed by atoms with E-state index in [0.29, 0.717) is 12.0 Å². The van der Waals surface area contributed by atoms with Gasteiger partial charge in [0, 0.05) is 10.6 Å². The number of hydrogen-bond acceptors (Lipinski definition) is 3. The maximum Gasteiger partial charge on any atom is 0.573 e. The molecule has 2 aromatic rings. The minimum Gasteiger partial charge on any atom is -0.465 e. The third-order valence-electron chi connectivity index (χ3n) is 3.75. The van der Waals surface area contributed by atoms with E-state index >= 15 is 0 Å². The van der Waals surface area contributed by atoms with Crippen molar-refractivity contribution in [2.75, 3.05) is 5.75 Å². The molecule has 132 valence electrons. The summed E-state index contributed by atoms with van der Waals surface area (Å²) in [6.07, 6.45) is -5.12. The molecule has 0 bridgehead atoms. The highest BCUT2D eigenvalue weighted by Gasteiger charge is 2.31. The van der Waals surface area contributed by atoms with Crippen LogP contribution >= 0.6 is 11.8 Å². The molecule has 0 aliphatic carbocycles. The number of benzene rings is 2. The molecule has 0 radical (unpaired) electrons. The Bertz CT molecular complexity index is 795. The van der Waals surface area contributed by atoms with Gasteiger partial charge in [0.1, 0.15) is 5.75 Å². The molecule has 0 saturated heterocycles. The van der Waals surface area contributed by atoms with Crippen molar-refractivity contribution < 1.29 is 27.8 Å². The Hall–Kier alpha value is -2.35. The zero-order valence-corrected chi connectivity index (χ0v) is 13.7. The van der Waals surface area contributed by atoms with Crippen molar-refractivity contribution >= 4 is 17.9 Å². The second-order valence-corrected chi connectivity index (χ2v) is 6.60. The summed E-state index contributed by atoms with van der Waals surface area (Å²) >= 11 is 1.60. The summed E-state index contributed by atoms with van der Waals surface area (Å²) in [6, 6.07) is 10.9. The highest BCUT2D eigenvalue weighted by Crippen LogP contribution is 2.39. The van der Waals surface area contributed by atoms with Gasteiger partial charge in [-0.2, -0.15) is 0 Å². The third-order valence-corrected chi connectivity index (χ3v) is 4.86. The van der Waals surface area contributed by atoms with Gasteiger partial charge in [-0.05, 0) is 41.3 Å². The fourth-order valence-corrected chi connectivity index (χ4v) is 3.90. The second-order valence-electron chi connectivity index (χ2n) is 5.47.